The van der Waals surface area contributed by atoms with Crippen LogP contribution in [0.15, 0.2) is 4.42 Å². The zero-order chi connectivity index (χ0) is 11.4. The molecular formula is C10H18ClN3O. The third kappa shape index (κ3) is 2.84. The average Bonchev–Trinajstić information content (AvgIpc) is 2.68. The van der Waals surface area contributed by atoms with Crippen molar-refractivity contribution in [2.75, 3.05) is 11.9 Å². The lowest BCUT2D eigenvalue weighted by atomic mass is 10.1. The van der Waals surface area contributed by atoms with Gasteiger partial charge in [0, 0.05) is 13.1 Å². The first-order chi connectivity index (χ1) is 7.10. The Bertz CT molecular complexity index is 297. The Hall–Kier alpha value is -0.770. The van der Waals surface area contributed by atoms with Gasteiger partial charge in [-0.05, 0) is 19.8 Å². The first-order valence-electron chi connectivity index (χ1n) is 5.30. The summed E-state index contributed by atoms with van der Waals surface area (Å²) in [4.78, 5) is 2.01. The third-order valence-electron chi connectivity index (χ3n) is 2.56. The first kappa shape index (κ1) is 12.3. The molecule has 86 valence electrons. The van der Waals surface area contributed by atoms with Crippen molar-refractivity contribution in [3.05, 3.63) is 5.89 Å². The number of rotatable bonds is 5. The van der Waals surface area contributed by atoms with Gasteiger partial charge in [-0.2, -0.15) is 0 Å². The molecule has 0 fully saturated rings. The summed E-state index contributed by atoms with van der Waals surface area (Å²) in [6.45, 7) is 6.11. The second-order valence-corrected chi connectivity index (χ2v) is 4.27. The Morgan fingerprint density at radius 2 is 1.93 bits per heavy atom. The summed E-state index contributed by atoms with van der Waals surface area (Å²) in [6.07, 6.45) is 2.11. The normalized spacial score (nSPS) is 13.2. The van der Waals surface area contributed by atoms with Crippen molar-refractivity contribution in [1.29, 1.82) is 0 Å². The first-order valence-corrected chi connectivity index (χ1v) is 5.74. The van der Waals surface area contributed by atoms with Crippen LogP contribution in [0, 0.1) is 0 Å². The summed E-state index contributed by atoms with van der Waals surface area (Å²) in [7, 11) is 1.97. The van der Waals surface area contributed by atoms with Gasteiger partial charge in [0.1, 0.15) is 5.38 Å². The van der Waals surface area contributed by atoms with E-state index in [0.717, 1.165) is 12.8 Å². The molecule has 0 aliphatic rings. The van der Waals surface area contributed by atoms with Crippen LogP contribution in [-0.2, 0) is 0 Å². The minimum Gasteiger partial charge on any atom is -0.406 e. The monoisotopic (exact) mass is 231 g/mol. The number of nitrogens with zero attached hydrogens (tertiary/aromatic N) is 3. The van der Waals surface area contributed by atoms with Crippen molar-refractivity contribution in [2.45, 2.75) is 45.0 Å². The van der Waals surface area contributed by atoms with E-state index in [2.05, 4.69) is 24.0 Å². The number of alkyl halides is 1. The summed E-state index contributed by atoms with van der Waals surface area (Å²) >= 11 is 5.85. The molecule has 1 aromatic rings. The zero-order valence-corrected chi connectivity index (χ0v) is 10.5. The van der Waals surface area contributed by atoms with Crippen LogP contribution in [0.3, 0.4) is 0 Å². The summed E-state index contributed by atoms with van der Waals surface area (Å²) in [5, 5.41) is 7.64. The van der Waals surface area contributed by atoms with Gasteiger partial charge in [-0.3, -0.25) is 0 Å². The minimum atomic E-state index is -0.235. The van der Waals surface area contributed by atoms with E-state index in [1.54, 1.807) is 0 Å². The molecule has 1 rings (SSSR count). The Kier molecular flexibility index (Phi) is 4.39. The maximum Gasteiger partial charge on any atom is 0.318 e. The molecule has 0 bridgehead atoms. The molecule has 0 amide bonds. The van der Waals surface area contributed by atoms with Crippen molar-refractivity contribution in [2.24, 2.45) is 0 Å². The molecule has 4 nitrogen and oxygen atoms in total. The molecule has 0 saturated heterocycles. The molecule has 1 unspecified atom stereocenters. The zero-order valence-electron chi connectivity index (χ0n) is 9.70. The van der Waals surface area contributed by atoms with Gasteiger partial charge in [-0.1, -0.05) is 18.9 Å². The Morgan fingerprint density at radius 3 is 2.33 bits per heavy atom. The summed E-state index contributed by atoms with van der Waals surface area (Å²) < 4.78 is 5.46. The summed E-state index contributed by atoms with van der Waals surface area (Å²) in [5.41, 5.74) is 0. The topological polar surface area (TPSA) is 42.2 Å². The summed E-state index contributed by atoms with van der Waals surface area (Å²) in [5.74, 6) is 0.476. The second kappa shape index (κ2) is 5.35. The molecule has 0 aliphatic heterocycles. The predicted molar refractivity (Wildman–Crippen MR) is 61.3 cm³/mol. The number of anilines is 1. The lowest BCUT2D eigenvalue weighted by Gasteiger charge is -2.23. The van der Waals surface area contributed by atoms with E-state index >= 15 is 0 Å². The van der Waals surface area contributed by atoms with Gasteiger partial charge in [0.2, 0.25) is 5.89 Å². The van der Waals surface area contributed by atoms with Gasteiger partial charge in [0.15, 0.2) is 0 Å². The van der Waals surface area contributed by atoms with Gasteiger partial charge in [0.05, 0.1) is 0 Å². The van der Waals surface area contributed by atoms with Crippen LogP contribution < -0.4 is 4.90 Å². The average molecular weight is 232 g/mol. The van der Waals surface area contributed by atoms with Gasteiger partial charge >= 0.3 is 6.01 Å². The van der Waals surface area contributed by atoms with Crippen molar-refractivity contribution < 1.29 is 4.42 Å². The lowest BCUT2D eigenvalue weighted by Crippen LogP contribution is -2.30. The fourth-order valence-corrected chi connectivity index (χ4v) is 1.61. The van der Waals surface area contributed by atoms with Crippen molar-refractivity contribution in [3.8, 4) is 0 Å². The Balaban J connectivity index is 2.77. The number of halogens is 1. The predicted octanol–water partition coefficient (Wildman–Crippen LogP) is 2.99. The van der Waals surface area contributed by atoms with Crippen LogP contribution in [-0.4, -0.2) is 23.3 Å². The Morgan fingerprint density at radius 1 is 1.33 bits per heavy atom. The smallest absolute Gasteiger partial charge is 0.318 e. The Labute approximate surface area is 95.6 Å². The fraction of sp³-hybridized carbons (Fsp3) is 0.800. The highest BCUT2D eigenvalue weighted by molar-refractivity contribution is 6.20. The summed E-state index contributed by atoms with van der Waals surface area (Å²) in [6, 6.07) is 0.982. The largest absolute Gasteiger partial charge is 0.406 e. The van der Waals surface area contributed by atoms with Crippen LogP contribution in [0.25, 0.3) is 0 Å². The van der Waals surface area contributed by atoms with E-state index < -0.39 is 0 Å². The second-order valence-electron chi connectivity index (χ2n) is 3.62. The number of aromatic nitrogens is 2. The van der Waals surface area contributed by atoms with E-state index in [-0.39, 0.29) is 5.38 Å². The number of hydrogen-bond donors (Lipinski definition) is 0. The highest BCUT2D eigenvalue weighted by Crippen LogP contribution is 2.22. The fourth-order valence-electron chi connectivity index (χ4n) is 1.52. The maximum absolute atomic E-state index is 5.85. The molecule has 0 spiro atoms. The molecule has 5 heteroatoms. The van der Waals surface area contributed by atoms with Gasteiger partial charge in [-0.15, -0.1) is 16.7 Å². The maximum atomic E-state index is 5.85. The van der Waals surface area contributed by atoms with Gasteiger partial charge in [0.25, 0.3) is 0 Å². The molecule has 1 atom stereocenters. The van der Waals surface area contributed by atoms with Crippen LogP contribution in [0.5, 0.6) is 0 Å². The van der Waals surface area contributed by atoms with Crippen LogP contribution >= 0.6 is 11.6 Å². The van der Waals surface area contributed by atoms with Crippen molar-refractivity contribution >= 4 is 17.6 Å². The standard InChI is InChI=1S/C10H18ClN3O/c1-5-8(6-2)14(4)10-13-12-9(15-10)7(3)11/h7-8H,5-6H2,1-4H3. The van der Waals surface area contributed by atoms with E-state index in [4.69, 9.17) is 16.0 Å². The quantitative estimate of drug-likeness (QED) is 0.731. The van der Waals surface area contributed by atoms with Crippen molar-refractivity contribution in [1.82, 2.24) is 10.2 Å². The molecule has 0 N–H and O–H groups in total. The molecule has 0 saturated carbocycles. The molecular weight excluding hydrogens is 214 g/mol. The van der Waals surface area contributed by atoms with E-state index in [0.29, 0.717) is 17.9 Å². The number of hydrogen-bond acceptors (Lipinski definition) is 4. The molecule has 1 heterocycles. The minimum absolute atomic E-state index is 0.235. The SMILES string of the molecule is CCC(CC)N(C)c1nnc(C(C)Cl)o1. The highest BCUT2D eigenvalue weighted by Gasteiger charge is 2.18. The van der Waals surface area contributed by atoms with Crippen LogP contribution in [0.2, 0.25) is 0 Å². The van der Waals surface area contributed by atoms with Gasteiger partial charge < -0.3 is 9.32 Å². The van der Waals surface area contributed by atoms with E-state index in [1.165, 1.54) is 0 Å². The lowest BCUT2D eigenvalue weighted by molar-refractivity contribution is 0.463. The molecule has 0 aromatic carbocycles. The molecule has 1 aromatic heterocycles. The van der Waals surface area contributed by atoms with Crippen LogP contribution in [0.4, 0.5) is 6.01 Å². The highest BCUT2D eigenvalue weighted by atomic mass is 35.5. The molecule has 15 heavy (non-hydrogen) atoms. The third-order valence-corrected chi connectivity index (χ3v) is 2.75. The van der Waals surface area contributed by atoms with Gasteiger partial charge in [-0.25, -0.2) is 0 Å². The van der Waals surface area contributed by atoms with Crippen LogP contribution in [0.1, 0.15) is 44.9 Å². The van der Waals surface area contributed by atoms with Crippen molar-refractivity contribution in [3.63, 3.8) is 0 Å². The van der Waals surface area contributed by atoms with E-state index in [9.17, 15) is 0 Å². The molecule has 0 aliphatic carbocycles. The van der Waals surface area contributed by atoms with E-state index in [1.807, 2.05) is 18.9 Å². The molecule has 0 radical (unpaired) electrons.